The van der Waals surface area contributed by atoms with E-state index < -0.39 is 5.97 Å². The van der Waals surface area contributed by atoms with E-state index in [9.17, 15) is 4.79 Å². The minimum Gasteiger partial charge on any atom is -0.486 e. The molecule has 0 aliphatic carbocycles. The molecule has 0 saturated heterocycles. The molecule has 0 aliphatic heterocycles. The molecule has 1 aromatic carbocycles. The van der Waals surface area contributed by atoms with E-state index in [1.165, 1.54) is 16.9 Å². The number of aliphatic carboxylic acids is 1. The van der Waals surface area contributed by atoms with Gasteiger partial charge >= 0.3 is 5.97 Å². The van der Waals surface area contributed by atoms with Gasteiger partial charge in [0.1, 0.15) is 17.4 Å². The molecule has 0 spiro atoms. The van der Waals surface area contributed by atoms with Crippen LogP contribution in [0.3, 0.4) is 0 Å². The highest BCUT2D eigenvalue weighted by Crippen LogP contribution is 2.22. The van der Waals surface area contributed by atoms with Gasteiger partial charge in [-0.3, -0.25) is 4.79 Å². The number of aromatic nitrogens is 1. The molecule has 0 bridgehead atoms. The summed E-state index contributed by atoms with van der Waals surface area (Å²) >= 11 is 1.42. The number of carboxylic acids is 1. The highest BCUT2D eigenvalue weighted by atomic mass is 32.1. The molecule has 0 fully saturated rings. The average molecular weight is 291 g/mol. The van der Waals surface area contributed by atoms with Crippen LogP contribution in [0.5, 0.6) is 5.75 Å². The smallest absolute Gasteiger partial charge is 0.308 e. The van der Waals surface area contributed by atoms with Gasteiger partial charge in [-0.05, 0) is 25.5 Å². The van der Waals surface area contributed by atoms with Gasteiger partial charge in [0, 0.05) is 4.88 Å². The van der Waals surface area contributed by atoms with E-state index in [0.717, 1.165) is 27.7 Å². The maximum Gasteiger partial charge on any atom is 0.308 e. The number of carboxylic acid groups (broad SMARTS) is 1. The van der Waals surface area contributed by atoms with Gasteiger partial charge in [-0.2, -0.15) is 0 Å². The van der Waals surface area contributed by atoms with Crippen molar-refractivity contribution >= 4 is 17.3 Å². The van der Waals surface area contributed by atoms with Crippen molar-refractivity contribution in [2.24, 2.45) is 0 Å². The van der Waals surface area contributed by atoms with E-state index in [-0.39, 0.29) is 6.42 Å². The Hall–Kier alpha value is -1.88. The fourth-order valence-corrected chi connectivity index (χ4v) is 2.89. The molecule has 0 unspecified atom stereocenters. The highest BCUT2D eigenvalue weighted by molar-refractivity contribution is 7.11. The summed E-state index contributed by atoms with van der Waals surface area (Å²) in [7, 11) is 0. The molecule has 1 aromatic heterocycles. The van der Waals surface area contributed by atoms with Crippen molar-refractivity contribution in [1.29, 1.82) is 0 Å². The van der Waals surface area contributed by atoms with Crippen LogP contribution in [0.4, 0.5) is 0 Å². The lowest BCUT2D eigenvalue weighted by molar-refractivity contribution is -0.136. The van der Waals surface area contributed by atoms with Crippen molar-refractivity contribution in [2.45, 2.75) is 33.3 Å². The third-order valence-corrected chi connectivity index (χ3v) is 3.92. The van der Waals surface area contributed by atoms with Crippen molar-refractivity contribution in [1.82, 2.24) is 4.98 Å². The molecule has 0 atom stereocenters. The Bertz CT molecular complexity index is 590. The van der Waals surface area contributed by atoms with Crippen molar-refractivity contribution in [2.75, 3.05) is 0 Å². The first kappa shape index (κ1) is 14.5. The molecule has 106 valence electrons. The van der Waals surface area contributed by atoms with E-state index >= 15 is 0 Å². The molecule has 0 amide bonds. The molecule has 5 heteroatoms. The Balaban J connectivity index is 2.04. The third kappa shape index (κ3) is 3.81. The van der Waals surface area contributed by atoms with Crippen LogP contribution in [0.1, 0.15) is 28.1 Å². The van der Waals surface area contributed by atoms with Crippen LogP contribution >= 0.6 is 11.3 Å². The van der Waals surface area contributed by atoms with Crippen LogP contribution in [-0.4, -0.2) is 16.1 Å². The summed E-state index contributed by atoms with van der Waals surface area (Å²) in [5, 5.41) is 9.70. The summed E-state index contributed by atoms with van der Waals surface area (Å²) in [5.74, 6) is -0.0296. The number of nitrogens with zero attached hydrogens (tertiary/aromatic N) is 1. The van der Waals surface area contributed by atoms with Gasteiger partial charge in [0.25, 0.3) is 0 Å². The topological polar surface area (TPSA) is 59.4 Å². The monoisotopic (exact) mass is 291 g/mol. The normalized spacial score (nSPS) is 10.5. The van der Waals surface area contributed by atoms with Gasteiger partial charge in [-0.15, -0.1) is 11.3 Å². The number of carbonyl (C=O) groups is 1. The minimum atomic E-state index is -0.825. The zero-order valence-corrected chi connectivity index (χ0v) is 12.4. The van der Waals surface area contributed by atoms with Gasteiger partial charge in [-0.1, -0.05) is 24.6 Å². The molecule has 4 nitrogen and oxygen atoms in total. The maximum absolute atomic E-state index is 10.8. The molecule has 2 rings (SSSR count). The Labute approximate surface area is 122 Å². The van der Waals surface area contributed by atoms with E-state index in [4.69, 9.17) is 9.84 Å². The number of rotatable bonds is 6. The van der Waals surface area contributed by atoms with Crippen molar-refractivity contribution in [3.05, 3.63) is 45.4 Å². The first-order valence-corrected chi connectivity index (χ1v) is 7.29. The average Bonchev–Trinajstić information content (AvgIpc) is 2.79. The number of aryl methyl sites for hydroxylation is 2. The van der Waals surface area contributed by atoms with Gasteiger partial charge in [-0.25, -0.2) is 4.98 Å². The number of benzene rings is 1. The van der Waals surface area contributed by atoms with Crippen LogP contribution in [0.2, 0.25) is 0 Å². The molecule has 2 aromatic rings. The Morgan fingerprint density at radius 3 is 2.65 bits per heavy atom. The number of hydrogen-bond acceptors (Lipinski definition) is 4. The standard InChI is InChI=1S/C15H17NO3S/c1-3-12-13(8-15(17)18)20-14(16-12)9-19-11-6-4-10(2)5-7-11/h4-7H,3,8-9H2,1-2H3,(H,17,18). The lowest BCUT2D eigenvalue weighted by Gasteiger charge is -2.03. The van der Waals surface area contributed by atoms with E-state index in [2.05, 4.69) is 4.98 Å². The summed E-state index contributed by atoms with van der Waals surface area (Å²) in [6.07, 6.45) is 0.773. The second-order valence-electron chi connectivity index (χ2n) is 4.50. The first-order chi connectivity index (χ1) is 9.58. The van der Waals surface area contributed by atoms with Crippen molar-refractivity contribution in [3.8, 4) is 5.75 Å². The van der Waals surface area contributed by atoms with E-state index in [1.807, 2.05) is 38.1 Å². The highest BCUT2D eigenvalue weighted by Gasteiger charge is 2.13. The summed E-state index contributed by atoms with van der Waals surface area (Å²) < 4.78 is 5.67. The van der Waals surface area contributed by atoms with Gasteiger partial charge in [0.2, 0.25) is 0 Å². The second-order valence-corrected chi connectivity index (χ2v) is 5.67. The summed E-state index contributed by atoms with van der Waals surface area (Å²) in [5.41, 5.74) is 2.04. The van der Waals surface area contributed by atoms with Crippen LogP contribution in [0, 0.1) is 6.92 Å². The fraction of sp³-hybridized carbons (Fsp3) is 0.333. The summed E-state index contributed by atoms with van der Waals surface area (Å²) in [6.45, 7) is 4.38. The summed E-state index contributed by atoms with van der Waals surface area (Å²) in [6, 6.07) is 7.82. The SMILES string of the molecule is CCc1nc(COc2ccc(C)cc2)sc1CC(=O)O. The van der Waals surface area contributed by atoms with Crippen molar-refractivity contribution < 1.29 is 14.6 Å². The molecular weight excluding hydrogens is 274 g/mol. The number of hydrogen-bond donors (Lipinski definition) is 1. The number of thiazole rings is 1. The first-order valence-electron chi connectivity index (χ1n) is 6.47. The predicted molar refractivity (Wildman–Crippen MR) is 78.3 cm³/mol. The van der Waals surface area contributed by atoms with Gasteiger partial charge in [0.05, 0.1) is 12.1 Å². The summed E-state index contributed by atoms with van der Waals surface area (Å²) in [4.78, 5) is 16.1. The van der Waals surface area contributed by atoms with Gasteiger partial charge < -0.3 is 9.84 Å². The van der Waals surface area contributed by atoms with Crippen molar-refractivity contribution in [3.63, 3.8) is 0 Å². The van der Waals surface area contributed by atoms with Crippen LogP contribution < -0.4 is 4.74 Å². The molecule has 0 radical (unpaired) electrons. The molecule has 1 N–H and O–H groups in total. The molecule has 1 heterocycles. The van der Waals surface area contributed by atoms with Gasteiger partial charge in [0.15, 0.2) is 0 Å². The zero-order chi connectivity index (χ0) is 14.5. The quantitative estimate of drug-likeness (QED) is 0.887. The largest absolute Gasteiger partial charge is 0.486 e. The van der Waals surface area contributed by atoms with E-state index in [0.29, 0.717) is 6.61 Å². The molecule has 20 heavy (non-hydrogen) atoms. The third-order valence-electron chi connectivity index (χ3n) is 2.85. The minimum absolute atomic E-state index is 0.0331. The molecular formula is C15H17NO3S. The number of ether oxygens (including phenoxy) is 1. The fourth-order valence-electron chi connectivity index (χ4n) is 1.83. The van der Waals surface area contributed by atoms with E-state index in [1.54, 1.807) is 0 Å². The molecule has 0 saturated carbocycles. The Morgan fingerprint density at radius 1 is 1.35 bits per heavy atom. The van der Waals surface area contributed by atoms with Crippen LogP contribution in [0.25, 0.3) is 0 Å². The molecule has 0 aliphatic rings. The Morgan fingerprint density at radius 2 is 2.05 bits per heavy atom. The zero-order valence-electron chi connectivity index (χ0n) is 11.5. The lowest BCUT2D eigenvalue weighted by atomic mass is 10.2. The van der Waals surface area contributed by atoms with Crippen LogP contribution in [0.15, 0.2) is 24.3 Å². The van der Waals surface area contributed by atoms with Crippen LogP contribution in [-0.2, 0) is 24.2 Å². The maximum atomic E-state index is 10.8. The Kier molecular flexibility index (Phi) is 4.74. The lowest BCUT2D eigenvalue weighted by Crippen LogP contribution is -2.00. The predicted octanol–water partition coefficient (Wildman–Crippen LogP) is 3.22. The second kappa shape index (κ2) is 6.52.